The molecule has 0 spiro atoms. The molecule has 0 aromatic heterocycles. The van der Waals surface area contributed by atoms with E-state index in [4.69, 9.17) is 9.94 Å². The maximum atomic E-state index is 10.7. The number of aliphatic hydroxyl groups excluding tert-OH is 1. The number of hydroxylamine groups is 2. The summed E-state index contributed by atoms with van der Waals surface area (Å²) < 4.78 is 0. The van der Waals surface area contributed by atoms with Crippen LogP contribution < -0.4 is 0 Å². The van der Waals surface area contributed by atoms with Gasteiger partial charge >= 0.3 is 5.97 Å². The van der Waals surface area contributed by atoms with Crippen molar-refractivity contribution < 1.29 is 14.7 Å². The predicted molar refractivity (Wildman–Crippen MR) is 38.6 cm³/mol. The van der Waals surface area contributed by atoms with Gasteiger partial charge < -0.3 is 9.94 Å². The molecule has 0 amide bonds. The third-order valence-corrected chi connectivity index (χ3v) is 1.73. The first kappa shape index (κ1) is 8.49. The molecule has 4 heteroatoms. The lowest BCUT2D eigenvalue weighted by Crippen LogP contribution is -2.41. The number of hydrogen-bond acceptors (Lipinski definition) is 4. The molecule has 1 unspecified atom stereocenters. The molecule has 1 aliphatic heterocycles. The average molecular weight is 159 g/mol. The minimum Gasteiger partial charge on any atom is -0.395 e. The van der Waals surface area contributed by atoms with Crippen LogP contribution in [0.25, 0.3) is 0 Å². The summed E-state index contributed by atoms with van der Waals surface area (Å²) in [7, 11) is 0. The summed E-state index contributed by atoms with van der Waals surface area (Å²) >= 11 is 0. The van der Waals surface area contributed by atoms with Gasteiger partial charge in [0, 0.05) is 13.0 Å². The lowest BCUT2D eigenvalue weighted by atomic mass is 10.2. The molecule has 0 aliphatic carbocycles. The van der Waals surface area contributed by atoms with Crippen molar-refractivity contribution in [2.24, 2.45) is 0 Å². The van der Waals surface area contributed by atoms with Gasteiger partial charge in [-0.05, 0) is 13.3 Å². The Morgan fingerprint density at radius 1 is 1.82 bits per heavy atom. The Balaban J connectivity index is 2.39. The van der Waals surface area contributed by atoms with Crippen molar-refractivity contribution in [3.05, 3.63) is 0 Å². The number of carbonyl (C=O) groups excluding carboxylic acids is 1. The second kappa shape index (κ2) is 3.69. The van der Waals surface area contributed by atoms with Crippen molar-refractivity contribution in [3.8, 4) is 0 Å². The number of rotatable bonds is 2. The van der Waals surface area contributed by atoms with E-state index in [9.17, 15) is 4.79 Å². The van der Waals surface area contributed by atoms with E-state index in [0.717, 1.165) is 13.0 Å². The van der Waals surface area contributed by atoms with Gasteiger partial charge in [-0.3, -0.25) is 4.79 Å². The standard InChI is InChI=1S/C7H13NO3/c1-6(5-9)8-4-2-3-7(10)11-8/h6,9H,2-5H2,1H3. The average Bonchev–Trinajstić information content (AvgIpc) is 2.03. The van der Waals surface area contributed by atoms with Crippen LogP contribution in [0.3, 0.4) is 0 Å². The van der Waals surface area contributed by atoms with E-state index in [1.807, 2.05) is 6.92 Å². The van der Waals surface area contributed by atoms with Gasteiger partial charge in [0.25, 0.3) is 0 Å². The Morgan fingerprint density at radius 2 is 2.55 bits per heavy atom. The largest absolute Gasteiger partial charge is 0.395 e. The van der Waals surface area contributed by atoms with Gasteiger partial charge in [-0.2, -0.15) is 0 Å². The van der Waals surface area contributed by atoms with E-state index in [1.54, 1.807) is 0 Å². The van der Waals surface area contributed by atoms with Gasteiger partial charge in [-0.1, -0.05) is 0 Å². The zero-order valence-electron chi connectivity index (χ0n) is 6.62. The van der Waals surface area contributed by atoms with Crippen LogP contribution in [0.2, 0.25) is 0 Å². The summed E-state index contributed by atoms with van der Waals surface area (Å²) in [6, 6.07) is -0.0840. The highest BCUT2D eigenvalue weighted by molar-refractivity contribution is 5.69. The predicted octanol–water partition coefficient (Wildman–Crippen LogP) is -0.0788. The second-order valence-electron chi connectivity index (χ2n) is 2.74. The third-order valence-electron chi connectivity index (χ3n) is 1.73. The lowest BCUT2D eigenvalue weighted by molar-refractivity contribution is -0.214. The maximum Gasteiger partial charge on any atom is 0.325 e. The fourth-order valence-electron chi connectivity index (χ4n) is 1.00. The molecule has 64 valence electrons. The summed E-state index contributed by atoms with van der Waals surface area (Å²) in [5.74, 6) is -0.198. The Hall–Kier alpha value is -0.610. The molecule has 11 heavy (non-hydrogen) atoms. The van der Waals surface area contributed by atoms with E-state index in [2.05, 4.69) is 0 Å². The number of carbonyl (C=O) groups is 1. The van der Waals surface area contributed by atoms with Crippen molar-refractivity contribution >= 4 is 5.97 Å². The van der Waals surface area contributed by atoms with Gasteiger partial charge in [-0.25, -0.2) is 0 Å². The van der Waals surface area contributed by atoms with Crippen molar-refractivity contribution in [1.82, 2.24) is 5.06 Å². The van der Waals surface area contributed by atoms with Crippen LogP contribution in [-0.4, -0.2) is 35.3 Å². The smallest absolute Gasteiger partial charge is 0.325 e. The van der Waals surface area contributed by atoms with Crippen LogP contribution in [0.4, 0.5) is 0 Å². The first-order chi connectivity index (χ1) is 5.24. The van der Waals surface area contributed by atoms with E-state index in [-0.39, 0.29) is 18.6 Å². The van der Waals surface area contributed by atoms with Gasteiger partial charge in [0.15, 0.2) is 0 Å². The van der Waals surface area contributed by atoms with Crippen molar-refractivity contribution in [3.63, 3.8) is 0 Å². The van der Waals surface area contributed by atoms with Crippen LogP contribution in [0.1, 0.15) is 19.8 Å². The van der Waals surface area contributed by atoms with Crippen LogP contribution in [-0.2, 0) is 9.63 Å². The van der Waals surface area contributed by atoms with Crippen LogP contribution >= 0.6 is 0 Å². The Bertz CT molecular complexity index is 149. The molecular formula is C7H13NO3. The van der Waals surface area contributed by atoms with E-state index < -0.39 is 0 Å². The molecular weight excluding hydrogens is 146 g/mol. The summed E-state index contributed by atoms with van der Waals surface area (Å²) in [5.41, 5.74) is 0. The van der Waals surface area contributed by atoms with Gasteiger partial charge in [-0.15, -0.1) is 5.06 Å². The van der Waals surface area contributed by atoms with Gasteiger partial charge in [0.05, 0.1) is 12.6 Å². The highest BCUT2D eigenvalue weighted by Gasteiger charge is 2.22. The lowest BCUT2D eigenvalue weighted by Gasteiger charge is -2.29. The molecule has 1 aliphatic rings. The zero-order chi connectivity index (χ0) is 8.27. The SMILES string of the molecule is CC(CO)N1CCCC(=O)O1. The fourth-order valence-corrected chi connectivity index (χ4v) is 1.00. The van der Waals surface area contributed by atoms with E-state index in [0.29, 0.717) is 6.42 Å². The van der Waals surface area contributed by atoms with Crippen LogP contribution in [0, 0.1) is 0 Å². The maximum absolute atomic E-state index is 10.7. The minimum atomic E-state index is -0.198. The Labute approximate surface area is 65.7 Å². The number of hydrogen-bond donors (Lipinski definition) is 1. The highest BCUT2D eigenvalue weighted by atomic mass is 16.7. The zero-order valence-corrected chi connectivity index (χ0v) is 6.62. The molecule has 1 N–H and O–H groups in total. The minimum absolute atomic E-state index is 0.0211. The third kappa shape index (κ3) is 2.17. The molecule has 0 bridgehead atoms. The first-order valence-corrected chi connectivity index (χ1v) is 3.82. The molecule has 1 atom stereocenters. The first-order valence-electron chi connectivity index (χ1n) is 3.82. The van der Waals surface area contributed by atoms with Crippen molar-refractivity contribution in [1.29, 1.82) is 0 Å². The van der Waals surface area contributed by atoms with Crippen LogP contribution in [0.15, 0.2) is 0 Å². The summed E-state index contributed by atoms with van der Waals surface area (Å²) in [6.45, 7) is 2.57. The number of aliphatic hydroxyl groups is 1. The van der Waals surface area contributed by atoms with Crippen molar-refractivity contribution in [2.75, 3.05) is 13.2 Å². The molecule has 1 fully saturated rings. The van der Waals surface area contributed by atoms with Gasteiger partial charge in [0.2, 0.25) is 0 Å². The molecule has 1 rings (SSSR count). The highest BCUT2D eigenvalue weighted by Crippen LogP contribution is 2.10. The molecule has 4 nitrogen and oxygen atoms in total. The summed E-state index contributed by atoms with van der Waals surface area (Å²) in [6.07, 6.45) is 1.32. The monoisotopic (exact) mass is 159 g/mol. The Kier molecular flexibility index (Phi) is 2.84. The quantitative estimate of drug-likeness (QED) is 0.612. The molecule has 0 aromatic carbocycles. The molecule has 0 aromatic rings. The normalized spacial score (nSPS) is 22.9. The van der Waals surface area contributed by atoms with E-state index >= 15 is 0 Å². The van der Waals surface area contributed by atoms with Crippen LogP contribution in [0.5, 0.6) is 0 Å². The summed E-state index contributed by atoms with van der Waals surface area (Å²) in [4.78, 5) is 15.6. The fraction of sp³-hybridized carbons (Fsp3) is 0.857. The summed E-state index contributed by atoms with van der Waals surface area (Å²) in [5, 5.41) is 10.3. The molecule has 0 radical (unpaired) electrons. The van der Waals surface area contributed by atoms with Gasteiger partial charge in [0.1, 0.15) is 0 Å². The topological polar surface area (TPSA) is 49.8 Å². The second-order valence-corrected chi connectivity index (χ2v) is 2.74. The molecule has 1 heterocycles. The number of nitrogens with zero attached hydrogens (tertiary/aromatic N) is 1. The van der Waals surface area contributed by atoms with Crippen molar-refractivity contribution in [2.45, 2.75) is 25.8 Å². The Morgan fingerprint density at radius 3 is 3.09 bits per heavy atom. The van der Waals surface area contributed by atoms with E-state index in [1.165, 1.54) is 5.06 Å². The molecule has 0 saturated carbocycles. The molecule has 1 saturated heterocycles.